The van der Waals surface area contributed by atoms with E-state index < -0.39 is 6.17 Å². The number of thiophene rings is 1. The molecule has 3 rings (SSSR count). The van der Waals surface area contributed by atoms with Crippen LogP contribution in [-0.4, -0.2) is 27.6 Å². The monoisotopic (exact) mass is 366 g/mol. The van der Waals surface area contributed by atoms with Gasteiger partial charge in [-0.2, -0.15) is 0 Å². The van der Waals surface area contributed by atoms with Gasteiger partial charge in [0.2, 0.25) is 0 Å². The molecule has 1 fully saturated rings. The van der Waals surface area contributed by atoms with E-state index in [4.69, 9.17) is 0 Å². The summed E-state index contributed by atoms with van der Waals surface area (Å²) in [5.41, 5.74) is 2.04. The van der Waals surface area contributed by atoms with Crippen LogP contribution in [0.1, 0.15) is 30.3 Å². The van der Waals surface area contributed by atoms with Crippen LogP contribution >= 0.6 is 27.3 Å². The molecule has 1 aromatic carbocycles. The molecule has 110 valence electrons. The number of hydroxylamine groups is 2. The normalized spacial score (nSPS) is 21.0. The van der Waals surface area contributed by atoms with Gasteiger partial charge in [-0.05, 0) is 39.9 Å². The fraction of sp³-hybridized carbons (Fsp3) is 0.267. The molecule has 6 heteroatoms. The third kappa shape index (κ3) is 2.76. The van der Waals surface area contributed by atoms with Crippen molar-refractivity contribution in [1.82, 2.24) is 9.96 Å². The summed E-state index contributed by atoms with van der Waals surface area (Å²) < 4.78 is 0.984. The topological polar surface area (TPSA) is 43.8 Å². The van der Waals surface area contributed by atoms with Gasteiger partial charge in [-0.3, -0.25) is 14.9 Å². The number of hydrogen-bond acceptors (Lipinski definition) is 4. The SMILES string of the molecule is CC(c1ccccc1)N1CC(=O)N(O)C1c1csc(Br)c1. The highest BCUT2D eigenvalue weighted by molar-refractivity contribution is 9.11. The van der Waals surface area contributed by atoms with Gasteiger partial charge >= 0.3 is 0 Å². The Morgan fingerprint density at radius 2 is 2.10 bits per heavy atom. The molecule has 2 atom stereocenters. The standard InChI is InChI=1S/C15H15BrN2O2S/c1-10(11-5-3-2-4-6-11)17-8-14(19)18(20)15(17)12-7-13(16)21-9-12/h2-7,9-10,15,20H,8H2,1H3. The van der Waals surface area contributed by atoms with Crippen LogP contribution < -0.4 is 0 Å². The molecule has 0 aliphatic carbocycles. The second kappa shape index (κ2) is 5.88. The number of nitrogens with zero attached hydrogens (tertiary/aromatic N) is 2. The van der Waals surface area contributed by atoms with E-state index in [-0.39, 0.29) is 18.5 Å². The summed E-state index contributed by atoms with van der Waals surface area (Å²) in [5.74, 6) is -0.273. The summed E-state index contributed by atoms with van der Waals surface area (Å²) in [5, 5.41) is 12.9. The van der Waals surface area contributed by atoms with E-state index in [1.807, 2.05) is 46.7 Å². The highest BCUT2D eigenvalue weighted by Gasteiger charge is 2.41. The molecule has 2 unspecified atom stereocenters. The Morgan fingerprint density at radius 1 is 1.38 bits per heavy atom. The van der Waals surface area contributed by atoms with Gasteiger partial charge in [-0.1, -0.05) is 30.3 Å². The maximum absolute atomic E-state index is 11.9. The van der Waals surface area contributed by atoms with Gasteiger partial charge in [0.15, 0.2) is 0 Å². The lowest BCUT2D eigenvalue weighted by Gasteiger charge is -2.30. The Hall–Kier alpha value is -1.21. The average molecular weight is 367 g/mol. The molecular weight excluding hydrogens is 352 g/mol. The number of halogens is 1. The largest absolute Gasteiger partial charge is 0.284 e. The van der Waals surface area contributed by atoms with Gasteiger partial charge in [0.05, 0.1) is 10.3 Å². The van der Waals surface area contributed by atoms with E-state index in [1.54, 1.807) is 11.3 Å². The third-order valence-corrected chi connectivity index (χ3v) is 5.31. The molecule has 0 saturated carbocycles. The highest BCUT2D eigenvalue weighted by Crippen LogP contribution is 2.38. The summed E-state index contributed by atoms with van der Waals surface area (Å²) >= 11 is 4.98. The maximum Gasteiger partial charge on any atom is 0.262 e. The third-order valence-electron chi connectivity index (χ3n) is 3.78. The van der Waals surface area contributed by atoms with Crippen molar-refractivity contribution in [3.8, 4) is 0 Å². The van der Waals surface area contributed by atoms with Crippen molar-refractivity contribution in [2.75, 3.05) is 6.54 Å². The van der Waals surface area contributed by atoms with E-state index in [1.165, 1.54) is 0 Å². The molecule has 21 heavy (non-hydrogen) atoms. The van der Waals surface area contributed by atoms with Crippen LogP contribution in [0.5, 0.6) is 0 Å². The van der Waals surface area contributed by atoms with E-state index in [0.717, 1.165) is 20.0 Å². The lowest BCUT2D eigenvalue weighted by Crippen LogP contribution is -2.31. The zero-order valence-corrected chi connectivity index (χ0v) is 13.8. The first kappa shape index (κ1) is 14.7. The van der Waals surface area contributed by atoms with Crippen molar-refractivity contribution in [1.29, 1.82) is 0 Å². The Balaban J connectivity index is 1.94. The number of benzene rings is 1. The predicted octanol–water partition coefficient (Wildman–Crippen LogP) is 3.80. The minimum atomic E-state index is -0.435. The lowest BCUT2D eigenvalue weighted by molar-refractivity contribution is -0.171. The van der Waals surface area contributed by atoms with Gasteiger partial charge < -0.3 is 0 Å². The van der Waals surface area contributed by atoms with Crippen molar-refractivity contribution in [2.24, 2.45) is 0 Å². The molecule has 1 saturated heterocycles. The first-order valence-corrected chi connectivity index (χ1v) is 8.30. The molecular formula is C15H15BrN2O2S. The summed E-state index contributed by atoms with van der Waals surface area (Å²) in [6.45, 7) is 2.26. The lowest BCUT2D eigenvalue weighted by atomic mass is 10.1. The molecule has 1 aliphatic heterocycles. The number of carbonyl (C=O) groups is 1. The summed E-state index contributed by atoms with van der Waals surface area (Å²) in [6.07, 6.45) is -0.435. The molecule has 1 aromatic heterocycles. The predicted molar refractivity (Wildman–Crippen MR) is 85.0 cm³/mol. The Morgan fingerprint density at radius 3 is 2.71 bits per heavy atom. The van der Waals surface area contributed by atoms with Crippen molar-refractivity contribution in [3.05, 3.63) is 56.7 Å². The van der Waals surface area contributed by atoms with Gasteiger partial charge in [0, 0.05) is 11.6 Å². The van der Waals surface area contributed by atoms with E-state index in [9.17, 15) is 10.0 Å². The van der Waals surface area contributed by atoms with Gasteiger partial charge in [-0.25, -0.2) is 5.06 Å². The van der Waals surface area contributed by atoms with Crippen molar-refractivity contribution < 1.29 is 10.0 Å². The maximum atomic E-state index is 11.9. The zero-order chi connectivity index (χ0) is 15.0. The quantitative estimate of drug-likeness (QED) is 0.840. The molecule has 0 radical (unpaired) electrons. The molecule has 2 heterocycles. The second-order valence-corrected chi connectivity index (χ2v) is 7.35. The number of rotatable bonds is 3. The molecule has 1 N–H and O–H groups in total. The molecule has 4 nitrogen and oxygen atoms in total. The first-order chi connectivity index (χ1) is 10.1. The van der Waals surface area contributed by atoms with Crippen LogP contribution in [0.4, 0.5) is 0 Å². The Labute approximate surface area is 135 Å². The Bertz CT molecular complexity index is 646. The number of amides is 1. The molecule has 1 aliphatic rings. The first-order valence-electron chi connectivity index (χ1n) is 6.63. The fourth-order valence-corrected chi connectivity index (χ4v) is 3.84. The minimum Gasteiger partial charge on any atom is -0.284 e. The smallest absolute Gasteiger partial charge is 0.262 e. The van der Waals surface area contributed by atoms with E-state index >= 15 is 0 Å². The van der Waals surface area contributed by atoms with Crippen LogP contribution in [0.3, 0.4) is 0 Å². The van der Waals surface area contributed by atoms with Crippen molar-refractivity contribution in [2.45, 2.75) is 19.1 Å². The van der Waals surface area contributed by atoms with Gasteiger partial charge in [0.25, 0.3) is 5.91 Å². The fourth-order valence-electron chi connectivity index (χ4n) is 2.66. The van der Waals surface area contributed by atoms with Crippen LogP contribution in [-0.2, 0) is 4.79 Å². The van der Waals surface area contributed by atoms with Gasteiger partial charge in [-0.15, -0.1) is 11.3 Å². The van der Waals surface area contributed by atoms with Gasteiger partial charge in [0.1, 0.15) is 6.17 Å². The molecule has 2 aromatic rings. The van der Waals surface area contributed by atoms with Crippen molar-refractivity contribution >= 4 is 33.2 Å². The zero-order valence-electron chi connectivity index (χ0n) is 11.4. The second-order valence-electron chi connectivity index (χ2n) is 5.06. The average Bonchev–Trinajstić information content (AvgIpc) is 3.04. The summed E-state index contributed by atoms with van der Waals surface area (Å²) in [4.78, 5) is 13.9. The number of carbonyl (C=O) groups excluding carboxylic acids is 1. The van der Waals surface area contributed by atoms with E-state index in [2.05, 4.69) is 22.9 Å². The van der Waals surface area contributed by atoms with E-state index in [0.29, 0.717) is 0 Å². The Kier molecular flexibility index (Phi) is 4.12. The molecule has 0 bridgehead atoms. The highest BCUT2D eigenvalue weighted by atomic mass is 79.9. The number of hydrogen-bond donors (Lipinski definition) is 1. The van der Waals surface area contributed by atoms with Crippen LogP contribution in [0.15, 0.2) is 45.6 Å². The molecule has 1 amide bonds. The summed E-state index contributed by atoms with van der Waals surface area (Å²) in [7, 11) is 0. The van der Waals surface area contributed by atoms with Crippen molar-refractivity contribution in [3.63, 3.8) is 0 Å². The van der Waals surface area contributed by atoms with Crippen LogP contribution in [0.2, 0.25) is 0 Å². The molecule has 0 spiro atoms. The minimum absolute atomic E-state index is 0.0379. The van der Waals surface area contributed by atoms with Crippen LogP contribution in [0, 0.1) is 0 Å². The van der Waals surface area contributed by atoms with Crippen LogP contribution in [0.25, 0.3) is 0 Å². The summed E-state index contributed by atoms with van der Waals surface area (Å²) in [6, 6.07) is 12.0.